The molecular weight excluding hydrogens is 224 g/mol. The molecule has 0 saturated carbocycles. The van der Waals surface area contributed by atoms with Crippen molar-refractivity contribution in [3.63, 3.8) is 0 Å². The van der Waals surface area contributed by atoms with E-state index in [2.05, 4.69) is 5.10 Å². The Bertz CT molecular complexity index is 507. The number of halogens is 4. The SMILES string of the molecule is Fc1ccc(-n2ccc(C(F)F)n2)c(F)c1. The van der Waals surface area contributed by atoms with Crippen molar-refractivity contribution < 1.29 is 17.6 Å². The van der Waals surface area contributed by atoms with E-state index in [0.717, 1.165) is 22.9 Å². The monoisotopic (exact) mass is 230 g/mol. The molecule has 0 N–H and O–H groups in total. The molecule has 0 aliphatic carbocycles. The topological polar surface area (TPSA) is 17.8 Å². The van der Waals surface area contributed by atoms with Crippen molar-refractivity contribution in [2.75, 3.05) is 0 Å². The third-order valence-corrected chi connectivity index (χ3v) is 1.99. The molecule has 0 radical (unpaired) electrons. The molecule has 16 heavy (non-hydrogen) atoms. The summed E-state index contributed by atoms with van der Waals surface area (Å²) in [6, 6.07) is 3.90. The first kappa shape index (κ1) is 10.7. The van der Waals surface area contributed by atoms with Crippen LogP contribution in [-0.4, -0.2) is 9.78 Å². The third-order valence-electron chi connectivity index (χ3n) is 1.99. The standard InChI is InChI=1S/C10H6F4N2/c11-6-1-2-9(7(12)5-6)16-4-3-8(15-16)10(13)14/h1-5,10H. The number of hydrogen-bond donors (Lipinski definition) is 0. The van der Waals surface area contributed by atoms with Gasteiger partial charge in [0.2, 0.25) is 0 Å². The van der Waals surface area contributed by atoms with Crippen molar-refractivity contribution in [1.29, 1.82) is 0 Å². The van der Waals surface area contributed by atoms with E-state index in [1.54, 1.807) is 0 Å². The highest BCUT2D eigenvalue weighted by Gasteiger charge is 2.13. The van der Waals surface area contributed by atoms with Crippen LogP contribution in [0, 0.1) is 11.6 Å². The van der Waals surface area contributed by atoms with Gasteiger partial charge < -0.3 is 0 Å². The summed E-state index contributed by atoms with van der Waals surface area (Å²) in [5, 5.41) is 3.47. The van der Waals surface area contributed by atoms with Gasteiger partial charge in [-0.25, -0.2) is 22.2 Å². The molecule has 2 aromatic rings. The lowest BCUT2D eigenvalue weighted by molar-refractivity contribution is 0.145. The molecule has 0 unspecified atom stereocenters. The molecule has 2 rings (SSSR count). The smallest absolute Gasteiger partial charge is 0.238 e. The lowest BCUT2D eigenvalue weighted by atomic mass is 10.3. The molecule has 0 spiro atoms. The molecule has 1 aromatic heterocycles. The number of aromatic nitrogens is 2. The van der Waals surface area contributed by atoms with E-state index in [4.69, 9.17) is 0 Å². The van der Waals surface area contributed by atoms with Crippen LogP contribution < -0.4 is 0 Å². The second-order valence-electron chi connectivity index (χ2n) is 3.08. The molecule has 1 heterocycles. The minimum absolute atomic E-state index is 0.0756. The molecule has 0 atom stereocenters. The largest absolute Gasteiger partial charge is 0.282 e. The summed E-state index contributed by atoms with van der Waals surface area (Å²) in [6.45, 7) is 0. The Kier molecular flexibility index (Phi) is 2.64. The highest BCUT2D eigenvalue weighted by atomic mass is 19.3. The maximum atomic E-state index is 13.3. The highest BCUT2D eigenvalue weighted by molar-refractivity contribution is 5.33. The van der Waals surface area contributed by atoms with E-state index < -0.39 is 23.8 Å². The van der Waals surface area contributed by atoms with Crippen molar-refractivity contribution >= 4 is 0 Å². The molecule has 84 valence electrons. The van der Waals surface area contributed by atoms with Crippen molar-refractivity contribution in [3.8, 4) is 5.69 Å². The van der Waals surface area contributed by atoms with Gasteiger partial charge in [0.15, 0.2) is 5.82 Å². The van der Waals surface area contributed by atoms with E-state index in [1.165, 1.54) is 6.20 Å². The summed E-state index contributed by atoms with van der Waals surface area (Å²) < 4.78 is 51.3. The predicted molar refractivity (Wildman–Crippen MR) is 48.4 cm³/mol. The summed E-state index contributed by atoms with van der Waals surface area (Å²) >= 11 is 0. The molecule has 0 bridgehead atoms. The Hall–Kier alpha value is -1.85. The van der Waals surface area contributed by atoms with Crippen molar-refractivity contribution in [2.24, 2.45) is 0 Å². The Morgan fingerprint density at radius 2 is 1.88 bits per heavy atom. The van der Waals surface area contributed by atoms with Crippen molar-refractivity contribution in [3.05, 3.63) is 47.8 Å². The summed E-state index contributed by atoms with van der Waals surface area (Å²) in [5.74, 6) is -1.59. The predicted octanol–water partition coefficient (Wildman–Crippen LogP) is 3.09. The fourth-order valence-electron chi connectivity index (χ4n) is 1.26. The zero-order chi connectivity index (χ0) is 11.7. The molecule has 0 fully saturated rings. The Labute approximate surface area is 88.1 Å². The first-order valence-electron chi connectivity index (χ1n) is 4.37. The Balaban J connectivity index is 2.42. The molecular formula is C10H6F4N2. The van der Waals surface area contributed by atoms with Crippen molar-refractivity contribution in [1.82, 2.24) is 9.78 Å². The van der Waals surface area contributed by atoms with E-state index in [9.17, 15) is 17.6 Å². The zero-order valence-electron chi connectivity index (χ0n) is 7.87. The van der Waals surface area contributed by atoms with Crippen molar-refractivity contribution in [2.45, 2.75) is 6.43 Å². The quantitative estimate of drug-likeness (QED) is 0.725. The van der Waals surface area contributed by atoms with Gasteiger partial charge in [-0.1, -0.05) is 0 Å². The van der Waals surface area contributed by atoms with Gasteiger partial charge >= 0.3 is 0 Å². The van der Waals surface area contributed by atoms with E-state index in [0.29, 0.717) is 6.07 Å². The Morgan fingerprint density at radius 3 is 2.44 bits per heavy atom. The lowest BCUT2D eigenvalue weighted by Crippen LogP contribution is -2.00. The molecule has 6 heteroatoms. The second kappa shape index (κ2) is 3.96. The van der Waals surface area contributed by atoms with Gasteiger partial charge in [0.25, 0.3) is 6.43 Å². The molecule has 0 aliphatic heterocycles. The van der Waals surface area contributed by atoms with Gasteiger partial charge in [0.05, 0.1) is 0 Å². The number of nitrogens with zero attached hydrogens (tertiary/aromatic N) is 2. The maximum absolute atomic E-state index is 13.3. The van der Waals surface area contributed by atoms with Crippen LogP contribution in [0.2, 0.25) is 0 Å². The highest BCUT2D eigenvalue weighted by Crippen LogP contribution is 2.19. The minimum Gasteiger partial charge on any atom is -0.238 e. The average Bonchev–Trinajstić information content (AvgIpc) is 2.66. The molecule has 2 nitrogen and oxygen atoms in total. The third kappa shape index (κ3) is 1.91. The van der Waals surface area contributed by atoms with Gasteiger partial charge in [-0.15, -0.1) is 0 Å². The zero-order valence-corrected chi connectivity index (χ0v) is 7.87. The average molecular weight is 230 g/mol. The molecule has 0 saturated heterocycles. The van der Waals surface area contributed by atoms with Crippen LogP contribution >= 0.6 is 0 Å². The Morgan fingerprint density at radius 1 is 1.12 bits per heavy atom. The maximum Gasteiger partial charge on any atom is 0.282 e. The lowest BCUT2D eigenvalue weighted by Gasteiger charge is -2.02. The number of benzene rings is 1. The normalized spacial score (nSPS) is 11.1. The van der Waals surface area contributed by atoms with Gasteiger partial charge in [0.1, 0.15) is 17.2 Å². The van der Waals surface area contributed by atoms with Crippen LogP contribution in [0.3, 0.4) is 0 Å². The molecule has 1 aromatic carbocycles. The first-order valence-corrected chi connectivity index (χ1v) is 4.37. The molecule has 0 aliphatic rings. The van der Waals surface area contributed by atoms with Gasteiger partial charge in [-0.05, 0) is 18.2 Å². The van der Waals surface area contributed by atoms with Gasteiger partial charge in [-0.3, -0.25) is 0 Å². The van der Waals surface area contributed by atoms with Crippen LogP contribution in [0.25, 0.3) is 5.69 Å². The summed E-state index contributed by atoms with van der Waals surface area (Å²) in [5.41, 5.74) is -0.531. The van der Waals surface area contributed by atoms with Gasteiger partial charge in [-0.2, -0.15) is 5.10 Å². The number of alkyl halides is 2. The number of hydrogen-bond acceptors (Lipinski definition) is 1. The van der Waals surface area contributed by atoms with Crippen LogP contribution in [0.15, 0.2) is 30.5 Å². The second-order valence-corrected chi connectivity index (χ2v) is 3.08. The fourth-order valence-corrected chi connectivity index (χ4v) is 1.26. The fraction of sp³-hybridized carbons (Fsp3) is 0.100. The van der Waals surface area contributed by atoms with E-state index >= 15 is 0 Å². The minimum atomic E-state index is -2.72. The van der Waals surface area contributed by atoms with Crippen LogP contribution in [0.1, 0.15) is 12.1 Å². The summed E-state index contributed by atoms with van der Waals surface area (Å²) in [7, 11) is 0. The molecule has 0 amide bonds. The van der Waals surface area contributed by atoms with E-state index in [1.807, 2.05) is 0 Å². The summed E-state index contributed by atoms with van der Waals surface area (Å²) in [4.78, 5) is 0. The van der Waals surface area contributed by atoms with Crippen LogP contribution in [0.5, 0.6) is 0 Å². The number of rotatable bonds is 2. The summed E-state index contributed by atoms with van der Waals surface area (Å²) in [6.07, 6.45) is -1.53. The van der Waals surface area contributed by atoms with Crippen LogP contribution in [-0.2, 0) is 0 Å². The van der Waals surface area contributed by atoms with Crippen LogP contribution in [0.4, 0.5) is 17.6 Å². The first-order chi connectivity index (χ1) is 7.58. The van der Waals surface area contributed by atoms with E-state index in [-0.39, 0.29) is 5.69 Å². The van der Waals surface area contributed by atoms with Gasteiger partial charge in [0, 0.05) is 12.3 Å².